The van der Waals surface area contributed by atoms with Gasteiger partial charge < -0.3 is 4.74 Å². The molecule has 0 aromatic heterocycles. The Morgan fingerprint density at radius 1 is 1.38 bits per heavy atom. The zero-order chi connectivity index (χ0) is 11.0. The van der Waals surface area contributed by atoms with Crippen LogP contribution in [-0.2, 0) is 4.74 Å². The van der Waals surface area contributed by atoms with E-state index in [1.54, 1.807) is 0 Å². The summed E-state index contributed by atoms with van der Waals surface area (Å²) >= 11 is 4.04. The van der Waals surface area contributed by atoms with Crippen molar-refractivity contribution in [3.05, 3.63) is 35.9 Å². The predicted octanol–water partition coefficient (Wildman–Crippen LogP) is 3.37. The van der Waals surface area contributed by atoms with Crippen LogP contribution in [0.3, 0.4) is 0 Å². The van der Waals surface area contributed by atoms with Gasteiger partial charge in [0.2, 0.25) is 0 Å². The highest BCUT2D eigenvalue weighted by Gasteiger charge is 2.42. The molecule has 0 spiro atoms. The molecular weight excluding hydrogens is 236 g/mol. The summed E-state index contributed by atoms with van der Waals surface area (Å²) < 4.78 is 6.24. The largest absolute Gasteiger partial charge is 0.379 e. The minimum Gasteiger partial charge on any atom is -0.379 e. The monoisotopic (exact) mass is 252 g/mol. The highest BCUT2D eigenvalue weighted by molar-refractivity contribution is 8.08. The number of thioether (sulfide) groups is 2. The highest BCUT2D eigenvalue weighted by atomic mass is 32.2. The van der Waals surface area contributed by atoms with E-state index >= 15 is 0 Å². The van der Waals surface area contributed by atoms with Crippen LogP contribution in [0.2, 0.25) is 0 Å². The first-order chi connectivity index (χ1) is 7.77. The number of ether oxygens (including phenoxy) is 1. The van der Waals surface area contributed by atoms with Gasteiger partial charge in [0.05, 0.1) is 13.2 Å². The maximum absolute atomic E-state index is 5.79. The standard InChI is InChI=1S/C13H16OS2/c1-13(9-15-13)8-14-7-11-12(16-11)10-5-3-2-4-6-10/h2-6,11-12H,7-9H2,1H3. The van der Waals surface area contributed by atoms with Crippen LogP contribution in [0.5, 0.6) is 0 Å². The molecule has 3 unspecified atom stereocenters. The Hall–Kier alpha value is -0.120. The lowest BCUT2D eigenvalue weighted by atomic mass is 10.1. The van der Waals surface area contributed by atoms with E-state index in [4.69, 9.17) is 4.74 Å². The first-order valence-electron chi connectivity index (χ1n) is 5.69. The number of benzene rings is 1. The van der Waals surface area contributed by atoms with E-state index in [2.05, 4.69) is 37.3 Å². The minimum absolute atomic E-state index is 0.446. The van der Waals surface area contributed by atoms with Crippen molar-refractivity contribution in [1.29, 1.82) is 0 Å². The Balaban J connectivity index is 1.43. The maximum atomic E-state index is 5.79. The van der Waals surface area contributed by atoms with Gasteiger partial charge in [-0.1, -0.05) is 30.3 Å². The second-order valence-electron chi connectivity index (χ2n) is 4.76. The molecule has 0 bridgehead atoms. The average molecular weight is 252 g/mol. The van der Waals surface area contributed by atoms with Crippen molar-refractivity contribution in [1.82, 2.24) is 0 Å². The summed E-state index contributed by atoms with van der Waals surface area (Å²) in [4.78, 5) is 0. The highest BCUT2D eigenvalue weighted by Crippen LogP contribution is 2.55. The van der Waals surface area contributed by atoms with Gasteiger partial charge in [-0.05, 0) is 12.5 Å². The van der Waals surface area contributed by atoms with Gasteiger partial charge in [-0.3, -0.25) is 0 Å². The van der Waals surface area contributed by atoms with Gasteiger partial charge in [0, 0.05) is 21.0 Å². The first kappa shape index (κ1) is 11.0. The molecule has 16 heavy (non-hydrogen) atoms. The third kappa shape index (κ3) is 2.58. The van der Waals surface area contributed by atoms with E-state index in [1.807, 2.05) is 23.5 Å². The molecule has 3 rings (SSSR count). The normalized spacial score (nSPS) is 36.1. The van der Waals surface area contributed by atoms with E-state index in [0.717, 1.165) is 13.2 Å². The van der Waals surface area contributed by atoms with Crippen LogP contribution in [0.15, 0.2) is 30.3 Å². The molecule has 0 N–H and O–H groups in total. The third-order valence-electron chi connectivity index (χ3n) is 3.04. The topological polar surface area (TPSA) is 9.23 Å². The molecule has 2 fully saturated rings. The first-order valence-corrected chi connectivity index (χ1v) is 7.62. The summed E-state index contributed by atoms with van der Waals surface area (Å²) in [5.74, 6) is 1.27. The Kier molecular flexibility index (Phi) is 2.94. The second-order valence-corrected chi connectivity index (χ2v) is 7.71. The van der Waals surface area contributed by atoms with Crippen LogP contribution in [0.25, 0.3) is 0 Å². The van der Waals surface area contributed by atoms with Gasteiger partial charge in [0.1, 0.15) is 0 Å². The lowest BCUT2D eigenvalue weighted by Crippen LogP contribution is -2.15. The van der Waals surface area contributed by atoms with Crippen LogP contribution >= 0.6 is 23.5 Å². The Labute approximate surface area is 105 Å². The summed E-state index contributed by atoms with van der Waals surface area (Å²) in [7, 11) is 0. The molecule has 2 aliphatic heterocycles. The van der Waals surface area contributed by atoms with Crippen LogP contribution in [0.1, 0.15) is 17.7 Å². The molecule has 1 nitrogen and oxygen atoms in total. The van der Waals surface area contributed by atoms with Crippen molar-refractivity contribution in [2.24, 2.45) is 0 Å². The third-order valence-corrected chi connectivity index (χ3v) is 5.77. The molecular formula is C13H16OS2. The van der Waals surface area contributed by atoms with Crippen molar-refractivity contribution < 1.29 is 4.74 Å². The number of hydrogen-bond acceptors (Lipinski definition) is 3. The quantitative estimate of drug-likeness (QED) is 0.744. The molecule has 0 radical (unpaired) electrons. The van der Waals surface area contributed by atoms with E-state index in [1.165, 1.54) is 11.3 Å². The zero-order valence-electron chi connectivity index (χ0n) is 9.39. The second kappa shape index (κ2) is 4.28. The van der Waals surface area contributed by atoms with Gasteiger partial charge >= 0.3 is 0 Å². The van der Waals surface area contributed by atoms with Gasteiger partial charge in [-0.2, -0.15) is 11.8 Å². The van der Waals surface area contributed by atoms with Crippen molar-refractivity contribution >= 4 is 23.5 Å². The van der Waals surface area contributed by atoms with Gasteiger partial charge in [0.15, 0.2) is 0 Å². The predicted molar refractivity (Wildman–Crippen MR) is 72.2 cm³/mol. The maximum Gasteiger partial charge on any atom is 0.0619 e. The van der Waals surface area contributed by atoms with Crippen molar-refractivity contribution in [3.8, 4) is 0 Å². The van der Waals surface area contributed by atoms with Crippen molar-refractivity contribution in [2.75, 3.05) is 19.0 Å². The fourth-order valence-corrected chi connectivity index (χ4v) is 3.31. The van der Waals surface area contributed by atoms with Gasteiger partial charge in [-0.25, -0.2) is 0 Å². The Morgan fingerprint density at radius 2 is 2.12 bits per heavy atom. The molecule has 1 aromatic rings. The lowest BCUT2D eigenvalue weighted by Gasteiger charge is -2.06. The number of hydrogen-bond donors (Lipinski definition) is 0. The molecule has 0 amide bonds. The molecule has 2 saturated heterocycles. The average Bonchev–Trinajstić information content (AvgIpc) is 3.19. The summed E-state index contributed by atoms with van der Waals surface area (Å²) in [6, 6.07) is 10.8. The molecule has 3 heteroatoms. The van der Waals surface area contributed by atoms with E-state index in [-0.39, 0.29) is 0 Å². The zero-order valence-corrected chi connectivity index (χ0v) is 11.0. The SMILES string of the molecule is CC1(COCC2SC2c2ccccc2)CS1. The van der Waals surface area contributed by atoms with Crippen LogP contribution in [-0.4, -0.2) is 29.0 Å². The molecule has 1 aromatic carbocycles. The van der Waals surface area contributed by atoms with Gasteiger partial charge in [0.25, 0.3) is 0 Å². The van der Waals surface area contributed by atoms with Crippen molar-refractivity contribution in [2.45, 2.75) is 22.2 Å². The minimum atomic E-state index is 0.446. The molecule has 2 heterocycles. The van der Waals surface area contributed by atoms with Crippen LogP contribution < -0.4 is 0 Å². The lowest BCUT2D eigenvalue weighted by molar-refractivity contribution is 0.131. The number of rotatable bonds is 5. The summed E-state index contributed by atoms with van der Waals surface area (Å²) in [5, 5.41) is 1.37. The molecule has 86 valence electrons. The van der Waals surface area contributed by atoms with E-state index < -0.39 is 0 Å². The fourth-order valence-electron chi connectivity index (χ4n) is 1.80. The van der Waals surface area contributed by atoms with E-state index in [9.17, 15) is 0 Å². The molecule has 3 atom stereocenters. The molecule has 0 saturated carbocycles. The van der Waals surface area contributed by atoms with Crippen LogP contribution in [0, 0.1) is 0 Å². The summed E-state index contributed by atoms with van der Waals surface area (Å²) in [5.41, 5.74) is 1.45. The molecule has 0 aliphatic carbocycles. The summed E-state index contributed by atoms with van der Waals surface area (Å²) in [6.45, 7) is 4.13. The molecule has 2 aliphatic rings. The van der Waals surface area contributed by atoms with Crippen LogP contribution in [0.4, 0.5) is 0 Å². The summed E-state index contributed by atoms with van der Waals surface area (Å²) in [6.07, 6.45) is 0. The Bertz CT molecular complexity index is 361. The Morgan fingerprint density at radius 3 is 2.81 bits per heavy atom. The van der Waals surface area contributed by atoms with Gasteiger partial charge in [-0.15, -0.1) is 11.8 Å². The fraction of sp³-hybridized carbons (Fsp3) is 0.538. The van der Waals surface area contributed by atoms with Crippen molar-refractivity contribution in [3.63, 3.8) is 0 Å². The van der Waals surface area contributed by atoms with E-state index in [0.29, 0.717) is 15.2 Å². The smallest absolute Gasteiger partial charge is 0.0619 e.